The van der Waals surface area contributed by atoms with Crippen molar-refractivity contribution in [2.45, 2.75) is 51.1 Å². The van der Waals surface area contributed by atoms with E-state index in [9.17, 15) is 14.4 Å². The minimum atomic E-state index is -0.00857. The zero-order valence-electron chi connectivity index (χ0n) is 20.1. The van der Waals surface area contributed by atoms with Crippen molar-refractivity contribution in [3.8, 4) is 0 Å². The largest absolute Gasteiger partial charge is 0.355 e. The number of carbonyl (C=O) groups excluding carboxylic acids is 1. The predicted octanol–water partition coefficient (Wildman–Crippen LogP) is 2.35. The molecule has 1 saturated heterocycles. The standard InChI is InChI=1S/C27H33N5O3/c33-25(10-2-1-5-13-31-19-29-23-8-4-3-7-22(23)27(31)35)28-12-14-30-16-20-15-21(18-30)24-9-6-11-26(34)32(24)17-20/h3-4,6-9,11,19-21H,1-2,5,10,12-18H2,(H,28,33). The normalized spacial score (nSPS) is 19.4. The highest BCUT2D eigenvalue weighted by molar-refractivity contribution is 5.77. The third-order valence-corrected chi connectivity index (χ3v) is 7.34. The van der Waals surface area contributed by atoms with Gasteiger partial charge in [-0.3, -0.25) is 19.0 Å². The Kier molecular flexibility index (Phi) is 7.08. The van der Waals surface area contributed by atoms with Gasteiger partial charge in [-0.05, 0) is 43.4 Å². The Labute approximate surface area is 204 Å². The lowest BCUT2D eigenvalue weighted by molar-refractivity contribution is -0.121. The van der Waals surface area contributed by atoms with E-state index in [-0.39, 0.29) is 17.0 Å². The summed E-state index contributed by atoms with van der Waals surface area (Å²) in [5, 5.41) is 3.70. The number of para-hydroxylation sites is 1. The van der Waals surface area contributed by atoms with Crippen LogP contribution in [0.2, 0.25) is 0 Å². The average molecular weight is 476 g/mol. The number of hydrogen-bond donors (Lipinski definition) is 1. The number of aromatic nitrogens is 3. The van der Waals surface area contributed by atoms with Crippen LogP contribution in [0.25, 0.3) is 10.9 Å². The van der Waals surface area contributed by atoms with E-state index in [1.54, 1.807) is 17.0 Å². The molecule has 0 aliphatic carbocycles. The van der Waals surface area contributed by atoms with E-state index >= 15 is 0 Å². The molecule has 4 heterocycles. The number of hydrogen-bond acceptors (Lipinski definition) is 5. The smallest absolute Gasteiger partial charge is 0.261 e. The second kappa shape index (κ2) is 10.6. The lowest BCUT2D eigenvalue weighted by atomic mass is 9.83. The molecule has 2 bridgehead atoms. The molecule has 184 valence electrons. The first-order valence-electron chi connectivity index (χ1n) is 12.7. The Morgan fingerprint density at radius 3 is 2.77 bits per heavy atom. The molecule has 0 spiro atoms. The van der Waals surface area contributed by atoms with Crippen molar-refractivity contribution < 1.29 is 4.79 Å². The van der Waals surface area contributed by atoms with E-state index in [1.807, 2.05) is 34.9 Å². The minimum absolute atomic E-state index is 0.00857. The topological polar surface area (TPSA) is 89.2 Å². The van der Waals surface area contributed by atoms with Crippen LogP contribution in [0.4, 0.5) is 0 Å². The third-order valence-electron chi connectivity index (χ3n) is 7.34. The molecule has 2 aliphatic heterocycles. The Bertz CT molecular complexity index is 1310. The molecule has 35 heavy (non-hydrogen) atoms. The number of fused-ring (bicyclic) bond motifs is 5. The highest BCUT2D eigenvalue weighted by Gasteiger charge is 2.34. The Hall–Kier alpha value is -3.26. The molecule has 0 saturated carbocycles. The van der Waals surface area contributed by atoms with Gasteiger partial charge in [0.05, 0.1) is 17.2 Å². The number of rotatable bonds is 9. The highest BCUT2D eigenvalue weighted by Crippen LogP contribution is 2.34. The molecule has 3 aromatic rings. The van der Waals surface area contributed by atoms with Crippen LogP contribution in [0.3, 0.4) is 0 Å². The summed E-state index contributed by atoms with van der Waals surface area (Å²) in [4.78, 5) is 43.8. The van der Waals surface area contributed by atoms with E-state index in [0.29, 0.717) is 36.7 Å². The van der Waals surface area contributed by atoms with Crippen molar-refractivity contribution in [1.29, 1.82) is 0 Å². The summed E-state index contributed by atoms with van der Waals surface area (Å²) in [6, 6.07) is 13.0. The van der Waals surface area contributed by atoms with E-state index in [4.69, 9.17) is 0 Å². The fourth-order valence-electron chi connectivity index (χ4n) is 5.63. The number of piperidine rings is 1. The Balaban J connectivity index is 0.999. The van der Waals surface area contributed by atoms with Crippen LogP contribution in [-0.4, -0.2) is 51.1 Å². The van der Waals surface area contributed by atoms with Gasteiger partial charge in [0.1, 0.15) is 0 Å². The number of nitrogens with one attached hydrogen (secondary N) is 1. The zero-order chi connectivity index (χ0) is 24.2. The average Bonchev–Trinajstić information content (AvgIpc) is 2.86. The first-order chi connectivity index (χ1) is 17.1. The van der Waals surface area contributed by atoms with Gasteiger partial charge in [-0.1, -0.05) is 24.6 Å². The second-order valence-electron chi connectivity index (χ2n) is 9.88. The van der Waals surface area contributed by atoms with Gasteiger partial charge in [0.25, 0.3) is 11.1 Å². The fourth-order valence-corrected chi connectivity index (χ4v) is 5.63. The summed E-state index contributed by atoms with van der Waals surface area (Å²) in [6.45, 7) is 4.83. The lowest BCUT2D eigenvalue weighted by Gasteiger charge is -2.42. The molecule has 1 N–H and O–H groups in total. The summed E-state index contributed by atoms with van der Waals surface area (Å²) >= 11 is 0. The molecular formula is C27H33N5O3. The number of amides is 1. The van der Waals surface area contributed by atoms with Gasteiger partial charge in [-0.15, -0.1) is 0 Å². The summed E-state index contributed by atoms with van der Waals surface area (Å²) in [5.74, 6) is 0.989. The Morgan fingerprint density at radius 1 is 0.971 bits per heavy atom. The molecule has 8 nitrogen and oxygen atoms in total. The van der Waals surface area contributed by atoms with E-state index in [1.165, 1.54) is 0 Å². The van der Waals surface area contributed by atoms with Gasteiger partial charge >= 0.3 is 0 Å². The zero-order valence-corrected chi connectivity index (χ0v) is 20.1. The molecule has 2 aromatic heterocycles. The third kappa shape index (κ3) is 5.37. The van der Waals surface area contributed by atoms with E-state index in [2.05, 4.69) is 21.3 Å². The number of benzene rings is 1. The molecule has 1 fully saturated rings. The molecule has 0 radical (unpaired) electrons. The summed E-state index contributed by atoms with van der Waals surface area (Å²) < 4.78 is 3.61. The van der Waals surface area contributed by atoms with Crippen molar-refractivity contribution in [3.05, 3.63) is 75.2 Å². The summed E-state index contributed by atoms with van der Waals surface area (Å²) in [5.41, 5.74) is 1.98. The van der Waals surface area contributed by atoms with Crippen molar-refractivity contribution in [3.63, 3.8) is 0 Å². The maximum Gasteiger partial charge on any atom is 0.261 e. The van der Waals surface area contributed by atoms with Gasteiger partial charge in [-0.25, -0.2) is 4.98 Å². The van der Waals surface area contributed by atoms with Crippen LogP contribution >= 0.6 is 0 Å². The molecule has 2 aliphatic rings. The number of pyridine rings is 1. The maximum atomic E-state index is 12.5. The van der Waals surface area contributed by atoms with Crippen LogP contribution in [0.1, 0.15) is 43.7 Å². The van der Waals surface area contributed by atoms with Crippen LogP contribution in [-0.2, 0) is 17.9 Å². The van der Waals surface area contributed by atoms with E-state index in [0.717, 1.165) is 63.1 Å². The fraction of sp³-hybridized carbons (Fsp3) is 0.481. The molecule has 1 amide bonds. The van der Waals surface area contributed by atoms with Crippen LogP contribution in [0, 0.1) is 5.92 Å². The molecule has 2 atom stereocenters. The SMILES string of the molecule is O=C(CCCCCn1cnc2ccccc2c1=O)NCCN1CC2CC(C1)c1cccc(=O)n1C2. The summed E-state index contributed by atoms with van der Waals surface area (Å²) in [6.07, 6.45) is 5.80. The van der Waals surface area contributed by atoms with Gasteiger partial charge in [0, 0.05) is 63.4 Å². The molecule has 1 aromatic carbocycles. The molecule has 5 rings (SSSR count). The first kappa shape index (κ1) is 23.5. The van der Waals surface area contributed by atoms with Crippen molar-refractivity contribution in [2.24, 2.45) is 5.92 Å². The van der Waals surface area contributed by atoms with Crippen molar-refractivity contribution >= 4 is 16.8 Å². The monoisotopic (exact) mass is 475 g/mol. The van der Waals surface area contributed by atoms with Gasteiger partial charge in [0.2, 0.25) is 5.91 Å². The number of nitrogens with zero attached hydrogens (tertiary/aromatic N) is 4. The second-order valence-corrected chi connectivity index (χ2v) is 9.88. The van der Waals surface area contributed by atoms with Crippen molar-refractivity contribution in [2.75, 3.05) is 26.2 Å². The van der Waals surface area contributed by atoms with Gasteiger partial charge in [-0.2, -0.15) is 0 Å². The predicted molar refractivity (Wildman–Crippen MR) is 135 cm³/mol. The van der Waals surface area contributed by atoms with E-state index < -0.39 is 0 Å². The van der Waals surface area contributed by atoms with Crippen LogP contribution < -0.4 is 16.4 Å². The molecule has 8 heteroatoms. The quantitative estimate of drug-likeness (QED) is 0.480. The number of likely N-dealkylation sites (tertiary alicyclic amines) is 1. The van der Waals surface area contributed by atoms with Crippen molar-refractivity contribution in [1.82, 2.24) is 24.3 Å². The number of aryl methyl sites for hydroxylation is 1. The molecule has 2 unspecified atom stereocenters. The summed E-state index contributed by atoms with van der Waals surface area (Å²) in [7, 11) is 0. The highest BCUT2D eigenvalue weighted by atomic mass is 16.1. The number of carbonyl (C=O) groups is 1. The first-order valence-corrected chi connectivity index (χ1v) is 12.7. The van der Waals surface area contributed by atoms with Crippen LogP contribution in [0.5, 0.6) is 0 Å². The van der Waals surface area contributed by atoms with Gasteiger partial charge < -0.3 is 14.8 Å². The lowest BCUT2D eigenvalue weighted by Crippen LogP contribution is -2.48. The maximum absolute atomic E-state index is 12.5. The number of unbranched alkanes of at least 4 members (excludes halogenated alkanes) is 2. The Morgan fingerprint density at radius 2 is 1.86 bits per heavy atom. The van der Waals surface area contributed by atoms with Gasteiger partial charge in [0.15, 0.2) is 0 Å². The molecular weight excluding hydrogens is 442 g/mol. The minimum Gasteiger partial charge on any atom is -0.355 e. The van der Waals surface area contributed by atoms with Crippen LogP contribution in [0.15, 0.2) is 58.4 Å².